The number of nitrogens with zero attached hydrogens (tertiary/aromatic N) is 2. The van der Waals surface area contributed by atoms with Crippen molar-refractivity contribution in [2.75, 3.05) is 6.61 Å². The van der Waals surface area contributed by atoms with Gasteiger partial charge < -0.3 is 18.6 Å². The second-order valence-electron chi connectivity index (χ2n) is 14.6. The molecule has 5 rings (SSSR count). The maximum atomic E-state index is 14.2. The van der Waals surface area contributed by atoms with Gasteiger partial charge in [-0.15, -0.1) is 0 Å². The van der Waals surface area contributed by atoms with E-state index in [-0.39, 0.29) is 31.9 Å². The number of hydrogen-bond acceptors (Lipinski definition) is 9. The largest absolute Gasteiger partial charge is 0.452 e. The number of carbonyl (C=O) groups excluding carboxylic acids is 3. The predicted octanol–water partition coefficient (Wildman–Crippen LogP) is 6.60. The molecule has 0 spiro atoms. The third kappa shape index (κ3) is 8.38. The number of ether oxygens (including phenoxy) is 3. The van der Waals surface area contributed by atoms with E-state index in [0.29, 0.717) is 4.57 Å². The van der Waals surface area contributed by atoms with Crippen LogP contribution in [0.1, 0.15) is 74.8 Å². The van der Waals surface area contributed by atoms with Crippen molar-refractivity contribution in [2.45, 2.75) is 84.2 Å². The lowest BCUT2D eigenvalue weighted by Crippen LogP contribution is -2.48. The molecule has 3 aromatic carbocycles. The van der Waals surface area contributed by atoms with Crippen LogP contribution in [0, 0.1) is 24.3 Å². The first-order valence-electron chi connectivity index (χ1n) is 16.9. The molecule has 0 amide bonds. The monoisotopic (exact) mass is 838 g/mol. The van der Waals surface area contributed by atoms with Gasteiger partial charge in [0.25, 0.3) is 11.5 Å². The molecule has 4 aromatic rings. The lowest BCUT2D eigenvalue weighted by atomic mass is 10.1. The molecule has 0 unspecified atom stereocenters. The summed E-state index contributed by atoms with van der Waals surface area (Å²) in [6, 6.07) is 20.0. The van der Waals surface area contributed by atoms with Crippen LogP contribution < -0.4 is 11.2 Å². The van der Waals surface area contributed by atoms with E-state index >= 15 is 0 Å². The Hall–Kier alpha value is -4.18. The highest BCUT2D eigenvalue weighted by Gasteiger charge is 2.52. The average molecular weight is 839 g/mol. The van der Waals surface area contributed by atoms with E-state index in [1.165, 1.54) is 18.3 Å². The van der Waals surface area contributed by atoms with Crippen LogP contribution in [-0.2, 0) is 18.6 Å². The summed E-state index contributed by atoms with van der Waals surface area (Å²) >= 11 is 1.75. The number of benzene rings is 3. The van der Waals surface area contributed by atoms with Crippen molar-refractivity contribution in [2.24, 2.45) is 0 Å². The third-order valence-electron chi connectivity index (χ3n) is 9.61. The highest BCUT2D eigenvalue weighted by Crippen LogP contribution is 2.39. The molecule has 0 aliphatic carbocycles. The van der Waals surface area contributed by atoms with Gasteiger partial charge in [0.1, 0.15) is 6.10 Å². The van der Waals surface area contributed by atoms with E-state index in [4.69, 9.17) is 18.6 Å². The van der Waals surface area contributed by atoms with Gasteiger partial charge in [-0.25, -0.2) is 14.4 Å². The number of aryl methyl sites for hydroxylation is 3. The molecule has 0 radical (unpaired) electrons. The summed E-state index contributed by atoms with van der Waals surface area (Å²) in [4.78, 5) is 68.7. The fourth-order valence-electron chi connectivity index (χ4n) is 5.33. The normalized spacial score (nSPS) is 18.9. The Morgan fingerprint density at radius 3 is 1.65 bits per heavy atom. The van der Waals surface area contributed by atoms with Crippen molar-refractivity contribution in [1.82, 2.24) is 9.13 Å². The summed E-state index contributed by atoms with van der Waals surface area (Å²) in [5.41, 5.74) is 1.51. The van der Waals surface area contributed by atoms with Crippen molar-refractivity contribution >= 4 is 48.8 Å². The maximum Gasteiger partial charge on any atom is 0.340 e. The van der Waals surface area contributed by atoms with Gasteiger partial charge in [0.05, 0.1) is 21.3 Å². The van der Waals surface area contributed by atoms with Crippen LogP contribution in [0.15, 0.2) is 88.6 Å². The molecule has 0 saturated carbocycles. The molecule has 4 atom stereocenters. The van der Waals surface area contributed by atoms with E-state index < -0.39 is 62.0 Å². The molecule has 1 aliphatic heterocycles. The van der Waals surface area contributed by atoms with Gasteiger partial charge in [0.15, 0.2) is 26.8 Å². The molecule has 52 heavy (non-hydrogen) atoms. The molecule has 1 aromatic heterocycles. The first-order valence-corrected chi connectivity index (χ1v) is 20.9. The van der Waals surface area contributed by atoms with Crippen molar-refractivity contribution < 1.29 is 33.0 Å². The molecular formula is C39H43IN2O9Si. The Morgan fingerprint density at radius 1 is 0.750 bits per heavy atom. The third-order valence-corrected chi connectivity index (χ3v) is 14.8. The van der Waals surface area contributed by atoms with E-state index in [0.717, 1.165) is 21.3 Å². The first-order chi connectivity index (χ1) is 24.4. The minimum absolute atomic E-state index is 0.0269. The Labute approximate surface area is 317 Å². The SMILES string of the molecule is Cc1ccc(C(=O)O[C@@H]2[C@H](OC(=O)c3ccc(C)cc3)[C@@H](CO[Si](C)(C)C(C)(C)C)O[C@H]2n2cc(I)c(=O)n(C(=O)c3ccc(C)cc3)c2=O)cc1. The van der Waals surface area contributed by atoms with Gasteiger partial charge in [-0.3, -0.25) is 14.2 Å². The van der Waals surface area contributed by atoms with Crippen LogP contribution in [-0.4, -0.2) is 60.2 Å². The van der Waals surface area contributed by atoms with Crippen LogP contribution in [0.2, 0.25) is 18.1 Å². The molecule has 1 fully saturated rings. The van der Waals surface area contributed by atoms with Gasteiger partial charge in [0, 0.05) is 11.8 Å². The molecular weight excluding hydrogens is 795 g/mol. The average Bonchev–Trinajstić information content (AvgIpc) is 3.41. The predicted molar refractivity (Wildman–Crippen MR) is 206 cm³/mol. The van der Waals surface area contributed by atoms with E-state index in [1.807, 2.05) is 20.8 Å². The van der Waals surface area contributed by atoms with Gasteiger partial charge in [-0.05, 0) is 97.9 Å². The standard InChI is InChI=1S/C39H43IN2O9Si/c1-23-9-15-26(16-10-23)33(43)42-34(44)29(40)21-41(38(42)47)35-32(51-37(46)28-19-13-25(3)14-20-28)31(50-36(45)27-17-11-24(2)12-18-27)30(49-35)22-48-52(7,8)39(4,5)6/h9-21,30-32,35H,22H2,1-8H3/t30-,31-,32-,35-/m1/s1. The zero-order valence-electron chi connectivity index (χ0n) is 30.5. The smallest absolute Gasteiger partial charge is 0.340 e. The fraction of sp³-hybridized carbons (Fsp3) is 0.359. The van der Waals surface area contributed by atoms with Crippen LogP contribution in [0.25, 0.3) is 0 Å². The van der Waals surface area contributed by atoms with Crippen LogP contribution >= 0.6 is 22.6 Å². The van der Waals surface area contributed by atoms with Crippen LogP contribution in [0.5, 0.6) is 0 Å². The summed E-state index contributed by atoms with van der Waals surface area (Å²) in [6.45, 7) is 15.9. The highest BCUT2D eigenvalue weighted by molar-refractivity contribution is 14.1. The number of hydrogen-bond donors (Lipinski definition) is 0. The van der Waals surface area contributed by atoms with Gasteiger partial charge in [-0.2, -0.15) is 4.57 Å². The Bertz CT molecular complexity index is 2080. The summed E-state index contributed by atoms with van der Waals surface area (Å²) in [6.07, 6.45) is -3.89. The maximum absolute atomic E-state index is 14.2. The van der Waals surface area contributed by atoms with Crippen molar-refractivity contribution in [1.29, 1.82) is 0 Å². The Morgan fingerprint density at radius 2 is 1.19 bits per heavy atom. The second kappa shape index (κ2) is 15.4. The van der Waals surface area contributed by atoms with E-state index in [2.05, 4.69) is 33.9 Å². The zero-order valence-corrected chi connectivity index (χ0v) is 33.6. The molecule has 1 aliphatic rings. The fourth-order valence-corrected chi connectivity index (χ4v) is 6.89. The Kier molecular flexibility index (Phi) is 11.6. The van der Waals surface area contributed by atoms with Crippen molar-refractivity contribution in [3.05, 3.63) is 137 Å². The quantitative estimate of drug-likeness (QED) is 0.104. The van der Waals surface area contributed by atoms with Crippen LogP contribution in [0.3, 0.4) is 0 Å². The second-order valence-corrected chi connectivity index (χ2v) is 20.6. The number of esters is 2. The molecule has 0 N–H and O–H groups in total. The van der Waals surface area contributed by atoms with Gasteiger partial charge in [0.2, 0.25) is 0 Å². The number of halogens is 1. The number of rotatable bonds is 9. The number of carbonyl (C=O) groups is 3. The molecule has 0 bridgehead atoms. The van der Waals surface area contributed by atoms with Crippen molar-refractivity contribution in [3.8, 4) is 0 Å². The lowest BCUT2D eigenvalue weighted by molar-refractivity contribution is -0.0595. The van der Waals surface area contributed by atoms with Gasteiger partial charge in [-0.1, -0.05) is 73.9 Å². The van der Waals surface area contributed by atoms with Crippen molar-refractivity contribution in [3.63, 3.8) is 0 Å². The minimum atomic E-state index is -2.41. The molecule has 13 heteroatoms. The number of aromatic nitrogens is 2. The summed E-state index contributed by atoms with van der Waals surface area (Å²) < 4.78 is 26.9. The van der Waals surface area contributed by atoms with E-state index in [1.54, 1.807) is 83.3 Å². The Balaban J connectivity index is 1.64. The topological polar surface area (TPSA) is 132 Å². The van der Waals surface area contributed by atoms with Gasteiger partial charge >= 0.3 is 17.6 Å². The first kappa shape index (κ1) is 39.0. The molecule has 11 nitrogen and oxygen atoms in total. The summed E-state index contributed by atoms with van der Waals surface area (Å²) in [5, 5.41) is -0.185. The molecule has 1 saturated heterocycles. The highest BCUT2D eigenvalue weighted by atomic mass is 127. The lowest BCUT2D eigenvalue weighted by Gasteiger charge is -2.37. The van der Waals surface area contributed by atoms with Crippen LogP contribution in [0.4, 0.5) is 0 Å². The zero-order chi connectivity index (χ0) is 38.1. The molecule has 2 heterocycles. The summed E-state index contributed by atoms with van der Waals surface area (Å²) in [5.74, 6) is -2.30. The summed E-state index contributed by atoms with van der Waals surface area (Å²) in [7, 11) is -2.41. The molecule has 274 valence electrons. The van der Waals surface area contributed by atoms with E-state index in [9.17, 15) is 24.0 Å². The minimum Gasteiger partial charge on any atom is -0.452 e.